The fraction of sp³-hybridized carbons (Fsp3) is 0.423. The lowest BCUT2D eigenvalue weighted by Crippen LogP contribution is -2.40. The van der Waals surface area contributed by atoms with Crippen LogP contribution >= 0.6 is 0 Å². The number of rotatable bonds is 7. The quantitative estimate of drug-likeness (QED) is 0.227. The smallest absolute Gasteiger partial charge is 0.416 e. The second-order valence-corrected chi connectivity index (χ2v) is 8.70. The summed E-state index contributed by atoms with van der Waals surface area (Å²) in [5.41, 5.74) is -0.218. The van der Waals surface area contributed by atoms with Crippen LogP contribution in [0.3, 0.4) is 0 Å². The van der Waals surface area contributed by atoms with Crippen molar-refractivity contribution in [2.45, 2.75) is 50.1 Å². The van der Waals surface area contributed by atoms with E-state index in [1.165, 1.54) is 31.4 Å². The molecule has 0 aromatic heterocycles. The molecular weight excluding hydrogens is 472 g/mol. The standard InChI is InChI=1S/C26H27F6NO2/c1-3-4-22(18-5-9-20(10-6-18)25(27,28)29)33-14-13-17(16-24(34)35-2)15-23(33)19-7-11-21(12-8-19)26(30,31)32/h3,5-12,17,22-23H,1,4,13-16H2,2H3/t17-,22-,23+/m1/s1. The molecule has 190 valence electrons. The van der Waals surface area contributed by atoms with Gasteiger partial charge in [-0.1, -0.05) is 30.3 Å². The van der Waals surface area contributed by atoms with Crippen molar-refractivity contribution < 1.29 is 35.9 Å². The van der Waals surface area contributed by atoms with E-state index in [9.17, 15) is 31.1 Å². The van der Waals surface area contributed by atoms with Gasteiger partial charge in [-0.25, -0.2) is 0 Å². The maximum atomic E-state index is 13.1. The number of alkyl halides is 6. The average molecular weight is 499 g/mol. The van der Waals surface area contributed by atoms with Gasteiger partial charge >= 0.3 is 18.3 Å². The largest absolute Gasteiger partial charge is 0.469 e. The lowest BCUT2D eigenvalue weighted by molar-refractivity contribution is -0.142. The molecule has 0 bridgehead atoms. The molecule has 2 aromatic carbocycles. The van der Waals surface area contributed by atoms with Crippen molar-refractivity contribution in [1.29, 1.82) is 0 Å². The Hall–Kier alpha value is -2.81. The Morgan fingerprint density at radius 2 is 1.57 bits per heavy atom. The molecule has 1 heterocycles. The van der Waals surface area contributed by atoms with Gasteiger partial charge in [-0.2, -0.15) is 26.3 Å². The van der Waals surface area contributed by atoms with Gasteiger partial charge in [-0.3, -0.25) is 9.69 Å². The molecule has 1 aliphatic rings. The predicted octanol–water partition coefficient (Wildman–Crippen LogP) is 7.36. The Labute approximate surface area is 200 Å². The van der Waals surface area contributed by atoms with Gasteiger partial charge in [0.25, 0.3) is 0 Å². The van der Waals surface area contributed by atoms with Crippen molar-refractivity contribution in [2.75, 3.05) is 13.7 Å². The van der Waals surface area contributed by atoms with Gasteiger partial charge < -0.3 is 4.74 Å². The minimum atomic E-state index is -4.47. The molecule has 0 unspecified atom stereocenters. The summed E-state index contributed by atoms with van der Waals surface area (Å²) in [6.07, 6.45) is -5.49. The number of benzene rings is 2. The third kappa shape index (κ3) is 6.66. The molecule has 0 aliphatic carbocycles. The van der Waals surface area contributed by atoms with Crippen molar-refractivity contribution in [3.05, 3.63) is 83.4 Å². The molecule has 3 atom stereocenters. The molecule has 2 aromatic rings. The van der Waals surface area contributed by atoms with Crippen molar-refractivity contribution in [3.8, 4) is 0 Å². The number of likely N-dealkylation sites (tertiary alicyclic amines) is 1. The first-order valence-electron chi connectivity index (χ1n) is 11.2. The molecule has 0 N–H and O–H groups in total. The summed E-state index contributed by atoms with van der Waals surface area (Å²) in [6.45, 7) is 4.29. The molecule has 3 rings (SSSR count). The summed E-state index contributed by atoms with van der Waals surface area (Å²) in [7, 11) is 1.30. The SMILES string of the molecule is C=CC[C@H](c1ccc(C(F)(F)F)cc1)N1CC[C@@H](CC(=O)OC)C[C@H]1c1ccc(C(F)(F)F)cc1. The van der Waals surface area contributed by atoms with Crippen molar-refractivity contribution >= 4 is 5.97 Å². The van der Waals surface area contributed by atoms with Gasteiger partial charge in [-0.05, 0) is 67.1 Å². The maximum absolute atomic E-state index is 13.1. The topological polar surface area (TPSA) is 29.5 Å². The van der Waals surface area contributed by atoms with Gasteiger partial charge in [0.15, 0.2) is 0 Å². The highest BCUT2D eigenvalue weighted by atomic mass is 19.4. The van der Waals surface area contributed by atoms with E-state index in [2.05, 4.69) is 11.5 Å². The normalized spacial score (nSPS) is 20.3. The number of hydrogen-bond donors (Lipinski definition) is 0. The molecule has 0 spiro atoms. The highest BCUT2D eigenvalue weighted by Crippen LogP contribution is 2.43. The van der Waals surface area contributed by atoms with Crippen LogP contribution in [0, 0.1) is 5.92 Å². The molecule has 0 saturated carbocycles. The first kappa shape index (κ1) is 26.8. The Morgan fingerprint density at radius 1 is 1.03 bits per heavy atom. The number of methoxy groups -OCH3 is 1. The van der Waals surface area contributed by atoms with Gasteiger partial charge in [-0.15, -0.1) is 6.58 Å². The number of halogens is 6. The number of esters is 1. The van der Waals surface area contributed by atoms with E-state index < -0.39 is 23.5 Å². The molecule has 0 radical (unpaired) electrons. The number of nitrogens with zero attached hydrogens (tertiary/aromatic N) is 1. The van der Waals surface area contributed by atoms with E-state index >= 15 is 0 Å². The van der Waals surface area contributed by atoms with Crippen LogP contribution in [-0.4, -0.2) is 24.5 Å². The van der Waals surface area contributed by atoms with Crippen LogP contribution in [-0.2, 0) is 21.9 Å². The van der Waals surface area contributed by atoms with E-state index in [-0.39, 0.29) is 30.4 Å². The zero-order valence-electron chi connectivity index (χ0n) is 19.2. The summed E-state index contributed by atoms with van der Waals surface area (Å²) in [6, 6.07) is 9.16. The highest BCUT2D eigenvalue weighted by molar-refractivity contribution is 5.69. The van der Waals surface area contributed by atoms with Crippen LogP contribution in [0.1, 0.15) is 60.0 Å². The first-order valence-corrected chi connectivity index (χ1v) is 11.2. The number of ether oxygens (including phenoxy) is 1. The van der Waals surface area contributed by atoms with Crippen molar-refractivity contribution in [1.82, 2.24) is 4.90 Å². The molecule has 3 nitrogen and oxygen atoms in total. The highest BCUT2D eigenvalue weighted by Gasteiger charge is 2.37. The fourth-order valence-electron chi connectivity index (χ4n) is 4.67. The number of piperidine rings is 1. The number of carbonyl (C=O) groups is 1. The Balaban J connectivity index is 1.96. The van der Waals surface area contributed by atoms with Crippen molar-refractivity contribution in [3.63, 3.8) is 0 Å². The molecular formula is C26H27F6NO2. The summed E-state index contributed by atoms with van der Waals surface area (Å²) in [5.74, 6) is -0.400. The maximum Gasteiger partial charge on any atom is 0.416 e. The Morgan fingerprint density at radius 3 is 2.06 bits per heavy atom. The molecule has 1 fully saturated rings. The van der Waals surface area contributed by atoms with Crippen LogP contribution in [0.4, 0.5) is 26.3 Å². The Bertz CT molecular complexity index is 998. The van der Waals surface area contributed by atoms with E-state index in [1.807, 2.05) is 0 Å². The molecule has 0 amide bonds. The predicted molar refractivity (Wildman–Crippen MR) is 119 cm³/mol. The minimum Gasteiger partial charge on any atom is -0.469 e. The van der Waals surface area contributed by atoms with E-state index in [0.29, 0.717) is 36.9 Å². The number of hydrogen-bond acceptors (Lipinski definition) is 3. The van der Waals surface area contributed by atoms with Crippen molar-refractivity contribution in [2.24, 2.45) is 5.92 Å². The van der Waals surface area contributed by atoms with Gasteiger partial charge in [0.1, 0.15) is 0 Å². The second kappa shape index (κ2) is 10.8. The fourth-order valence-corrected chi connectivity index (χ4v) is 4.67. The van der Waals surface area contributed by atoms with Crippen LogP contribution in [0.15, 0.2) is 61.2 Å². The first-order chi connectivity index (χ1) is 16.4. The van der Waals surface area contributed by atoms with Gasteiger partial charge in [0, 0.05) is 18.5 Å². The summed E-state index contributed by atoms with van der Waals surface area (Å²) >= 11 is 0. The molecule has 1 saturated heterocycles. The van der Waals surface area contributed by atoms with Crippen LogP contribution in [0.5, 0.6) is 0 Å². The zero-order valence-corrected chi connectivity index (χ0v) is 19.2. The van der Waals surface area contributed by atoms with Crippen LogP contribution < -0.4 is 0 Å². The lowest BCUT2D eigenvalue weighted by Gasteiger charge is -2.44. The molecule has 9 heteroatoms. The van der Waals surface area contributed by atoms with Gasteiger partial charge in [0.2, 0.25) is 0 Å². The third-order valence-electron chi connectivity index (χ3n) is 6.47. The third-order valence-corrected chi connectivity index (χ3v) is 6.47. The second-order valence-electron chi connectivity index (χ2n) is 8.70. The van der Waals surface area contributed by atoms with E-state index in [4.69, 9.17) is 4.74 Å². The summed E-state index contributed by atoms with van der Waals surface area (Å²) < 4.78 is 83.2. The average Bonchev–Trinajstić information content (AvgIpc) is 2.82. The van der Waals surface area contributed by atoms with Crippen LogP contribution in [0.2, 0.25) is 0 Å². The monoisotopic (exact) mass is 499 g/mol. The zero-order chi connectivity index (χ0) is 25.8. The lowest BCUT2D eigenvalue weighted by atomic mass is 9.83. The van der Waals surface area contributed by atoms with E-state index in [1.54, 1.807) is 6.08 Å². The molecule has 35 heavy (non-hydrogen) atoms. The summed E-state index contributed by atoms with van der Waals surface area (Å²) in [5, 5.41) is 0. The summed E-state index contributed by atoms with van der Waals surface area (Å²) in [4.78, 5) is 13.9. The van der Waals surface area contributed by atoms with Gasteiger partial charge in [0.05, 0.1) is 18.2 Å². The Kier molecular flexibility index (Phi) is 8.30. The minimum absolute atomic E-state index is 0.0389. The van der Waals surface area contributed by atoms with Crippen LogP contribution in [0.25, 0.3) is 0 Å². The molecule has 1 aliphatic heterocycles. The van der Waals surface area contributed by atoms with E-state index in [0.717, 1.165) is 24.3 Å². The number of carbonyl (C=O) groups excluding carboxylic acids is 1.